The molecule has 2 N–H and O–H groups in total. The molecule has 0 radical (unpaired) electrons. The minimum Gasteiger partial charge on any atom is -0.445 e. The van der Waals surface area contributed by atoms with Gasteiger partial charge in [0.2, 0.25) is 0 Å². The molecule has 1 atom stereocenters. The molecule has 1 unspecified atom stereocenters. The van der Waals surface area contributed by atoms with Crippen LogP contribution in [-0.4, -0.2) is 55.9 Å². The van der Waals surface area contributed by atoms with Gasteiger partial charge in [0.15, 0.2) is 0 Å². The van der Waals surface area contributed by atoms with E-state index in [0.717, 1.165) is 5.56 Å². The zero-order valence-electron chi connectivity index (χ0n) is 15.7. The molecule has 0 aromatic heterocycles. The van der Waals surface area contributed by atoms with E-state index < -0.39 is 17.8 Å². The third kappa shape index (κ3) is 10.2. The number of ether oxygens (including phenoxy) is 2. The molecule has 140 valence electrons. The summed E-state index contributed by atoms with van der Waals surface area (Å²) in [6, 6.07) is 9.13. The molecule has 0 saturated carbocycles. The van der Waals surface area contributed by atoms with Gasteiger partial charge in [-0.2, -0.15) is 0 Å². The Morgan fingerprint density at radius 1 is 1.12 bits per heavy atom. The van der Waals surface area contributed by atoms with Crippen LogP contribution >= 0.6 is 0 Å². The van der Waals surface area contributed by atoms with E-state index in [1.165, 1.54) is 0 Å². The van der Waals surface area contributed by atoms with E-state index in [2.05, 4.69) is 10.6 Å². The molecule has 1 aromatic rings. The number of nitrogens with one attached hydrogen (secondary N) is 2. The number of rotatable bonds is 7. The number of hydrogen-bond donors (Lipinski definition) is 2. The lowest BCUT2D eigenvalue weighted by Crippen LogP contribution is -2.50. The Labute approximate surface area is 149 Å². The Hall–Kier alpha value is -2.28. The Balaban J connectivity index is 2.43. The number of carbonyl (C=O) groups is 2. The van der Waals surface area contributed by atoms with Crippen molar-refractivity contribution in [1.29, 1.82) is 0 Å². The van der Waals surface area contributed by atoms with Gasteiger partial charge in [-0.15, -0.1) is 0 Å². The summed E-state index contributed by atoms with van der Waals surface area (Å²) in [4.78, 5) is 25.7. The SMILES string of the molecule is CN(C)CC(CNC(=O)OCc1ccccc1)NC(=O)OC(C)(C)C. The number of benzene rings is 1. The quantitative estimate of drug-likeness (QED) is 0.788. The predicted molar refractivity (Wildman–Crippen MR) is 96.3 cm³/mol. The van der Waals surface area contributed by atoms with Gasteiger partial charge < -0.3 is 25.0 Å². The van der Waals surface area contributed by atoms with Crippen molar-refractivity contribution in [3.63, 3.8) is 0 Å². The smallest absolute Gasteiger partial charge is 0.407 e. The molecule has 0 aliphatic carbocycles. The second-order valence-electron chi connectivity index (χ2n) is 7.05. The summed E-state index contributed by atoms with van der Waals surface area (Å²) >= 11 is 0. The van der Waals surface area contributed by atoms with Gasteiger partial charge in [-0.25, -0.2) is 9.59 Å². The van der Waals surface area contributed by atoms with Crippen molar-refractivity contribution in [1.82, 2.24) is 15.5 Å². The summed E-state index contributed by atoms with van der Waals surface area (Å²) in [6.45, 7) is 6.39. The average molecular weight is 351 g/mol. The lowest BCUT2D eigenvalue weighted by molar-refractivity contribution is 0.0494. The number of hydrogen-bond acceptors (Lipinski definition) is 5. The fraction of sp³-hybridized carbons (Fsp3) is 0.556. The molecule has 1 aromatic carbocycles. The van der Waals surface area contributed by atoms with Crippen LogP contribution in [-0.2, 0) is 16.1 Å². The highest BCUT2D eigenvalue weighted by Gasteiger charge is 2.20. The van der Waals surface area contributed by atoms with Crippen molar-refractivity contribution < 1.29 is 19.1 Å². The molecule has 25 heavy (non-hydrogen) atoms. The first-order valence-corrected chi connectivity index (χ1v) is 8.24. The van der Waals surface area contributed by atoms with Crippen LogP contribution in [0.1, 0.15) is 26.3 Å². The molecule has 0 saturated heterocycles. The van der Waals surface area contributed by atoms with Crippen molar-refractivity contribution in [2.75, 3.05) is 27.2 Å². The number of carbonyl (C=O) groups excluding carboxylic acids is 2. The maximum atomic E-state index is 11.9. The number of nitrogens with zero attached hydrogens (tertiary/aromatic N) is 1. The maximum Gasteiger partial charge on any atom is 0.407 e. The largest absolute Gasteiger partial charge is 0.445 e. The lowest BCUT2D eigenvalue weighted by atomic mass is 10.2. The molecule has 0 aliphatic rings. The average Bonchev–Trinajstić information content (AvgIpc) is 2.49. The van der Waals surface area contributed by atoms with Gasteiger partial charge in [-0.05, 0) is 40.4 Å². The lowest BCUT2D eigenvalue weighted by Gasteiger charge is -2.25. The molecule has 1 rings (SSSR count). The summed E-state index contributed by atoms with van der Waals surface area (Å²) in [5.74, 6) is 0. The molecule has 0 bridgehead atoms. The van der Waals surface area contributed by atoms with E-state index in [1.54, 1.807) is 20.8 Å². The standard InChI is InChI=1S/C18H29N3O4/c1-18(2,3)25-17(23)20-15(12-21(4)5)11-19-16(22)24-13-14-9-7-6-8-10-14/h6-10,15H,11-13H2,1-5H3,(H,19,22)(H,20,23). The third-order valence-corrected chi connectivity index (χ3v) is 3.01. The molecular formula is C18H29N3O4. The van der Waals surface area contributed by atoms with Gasteiger partial charge >= 0.3 is 12.2 Å². The minimum absolute atomic E-state index is 0.199. The zero-order chi connectivity index (χ0) is 18.9. The van der Waals surface area contributed by atoms with Crippen molar-refractivity contribution >= 4 is 12.2 Å². The number of amides is 2. The van der Waals surface area contributed by atoms with E-state index in [-0.39, 0.29) is 19.2 Å². The van der Waals surface area contributed by atoms with Gasteiger partial charge in [0.05, 0.1) is 6.04 Å². The summed E-state index contributed by atoms with van der Waals surface area (Å²) in [5, 5.41) is 5.43. The van der Waals surface area contributed by atoms with Crippen LogP contribution in [0, 0.1) is 0 Å². The van der Waals surface area contributed by atoms with Crippen molar-refractivity contribution in [2.45, 2.75) is 39.0 Å². The van der Waals surface area contributed by atoms with Gasteiger partial charge in [0.25, 0.3) is 0 Å². The topological polar surface area (TPSA) is 79.9 Å². The molecule has 0 spiro atoms. The maximum absolute atomic E-state index is 11.9. The summed E-state index contributed by atoms with van der Waals surface area (Å²) in [5.41, 5.74) is 0.337. The van der Waals surface area contributed by atoms with E-state index in [1.807, 2.05) is 49.3 Å². The first kappa shape index (κ1) is 20.8. The van der Waals surface area contributed by atoms with Crippen molar-refractivity contribution in [3.8, 4) is 0 Å². The summed E-state index contributed by atoms with van der Waals surface area (Å²) in [7, 11) is 3.77. The van der Waals surface area contributed by atoms with Crippen molar-refractivity contribution in [2.24, 2.45) is 0 Å². The monoisotopic (exact) mass is 351 g/mol. The van der Waals surface area contributed by atoms with Gasteiger partial charge in [0.1, 0.15) is 12.2 Å². The minimum atomic E-state index is -0.575. The second kappa shape index (κ2) is 9.88. The first-order valence-electron chi connectivity index (χ1n) is 8.24. The summed E-state index contributed by atoms with van der Waals surface area (Å²) in [6.07, 6.45) is -1.04. The first-order chi connectivity index (χ1) is 11.7. The molecule has 2 amide bonds. The Bertz CT molecular complexity index is 541. The van der Waals surface area contributed by atoms with Gasteiger partial charge in [-0.1, -0.05) is 30.3 Å². The molecule has 7 nitrogen and oxygen atoms in total. The Morgan fingerprint density at radius 2 is 1.76 bits per heavy atom. The Kier molecular flexibility index (Phi) is 8.21. The highest BCUT2D eigenvalue weighted by molar-refractivity contribution is 5.69. The number of alkyl carbamates (subject to hydrolysis) is 2. The van der Waals surface area contributed by atoms with Crippen LogP contribution < -0.4 is 10.6 Å². The normalized spacial score (nSPS) is 12.4. The predicted octanol–water partition coefficient (Wildman–Crippen LogP) is 2.37. The van der Waals surface area contributed by atoms with Crippen LogP contribution in [0.2, 0.25) is 0 Å². The zero-order valence-corrected chi connectivity index (χ0v) is 15.7. The van der Waals surface area contributed by atoms with Crippen LogP contribution in [0.25, 0.3) is 0 Å². The van der Waals surface area contributed by atoms with E-state index in [4.69, 9.17) is 9.47 Å². The van der Waals surface area contributed by atoms with E-state index >= 15 is 0 Å². The highest BCUT2D eigenvalue weighted by atomic mass is 16.6. The van der Waals surface area contributed by atoms with Crippen molar-refractivity contribution in [3.05, 3.63) is 35.9 Å². The Morgan fingerprint density at radius 3 is 2.32 bits per heavy atom. The molecule has 7 heteroatoms. The van der Waals surface area contributed by atoms with Gasteiger partial charge in [0, 0.05) is 13.1 Å². The van der Waals surface area contributed by atoms with E-state index in [9.17, 15) is 9.59 Å². The number of likely N-dealkylation sites (N-methyl/N-ethyl adjacent to an activating group) is 1. The van der Waals surface area contributed by atoms with E-state index in [0.29, 0.717) is 6.54 Å². The third-order valence-electron chi connectivity index (χ3n) is 3.01. The van der Waals surface area contributed by atoms with Crippen LogP contribution in [0.15, 0.2) is 30.3 Å². The highest BCUT2D eigenvalue weighted by Crippen LogP contribution is 2.07. The summed E-state index contributed by atoms with van der Waals surface area (Å²) < 4.78 is 10.4. The fourth-order valence-corrected chi connectivity index (χ4v) is 2.06. The second-order valence-corrected chi connectivity index (χ2v) is 7.05. The van der Waals surface area contributed by atoms with Crippen LogP contribution in [0.3, 0.4) is 0 Å². The molecule has 0 heterocycles. The molecule has 0 fully saturated rings. The van der Waals surface area contributed by atoms with Crippen LogP contribution in [0.5, 0.6) is 0 Å². The van der Waals surface area contributed by atoms with Crippen LogP contribution in [0.4, 0.5) is 9.59 Å². The molecule has 0 aliphatic heterocycles. The fourth-order valence-electron chi connectivity index (χ4n) is 2.06. The molecular weight excluding hydrogens is 322 g/mol. The van der Waals surface area contributed by atoms with Gasteiger partial charge in [-0.3, -0.25) is 0 Å².